The van der Waals surface area contributed by atoms with E-state index in [-0.39, 0.29) is 11.2 Å². The van der Waals surface area contributed by atoms with Crippen LogP contribution in [0.4, 0.5) is 4.39 Å². The van der Waals surface area contributed by atoms with Gasteiger partial charge in [-0.1, -0.05) is 30.3 Å². The predicted molar refractivity (Wildman–Crippen MR) is 79.4 cm³/mol. The van der Waals surface area contributed by atoms with E-state index in [1.54, 1.807) is 13.0 Å². The first-order valence-corrected chi connectivity index (χ1v) is 6.87. The minimum absolute atomic E-state index is 0.124. The normalized spacial score (nSPS) is 12.5. The summed E-state index contributed by atoms with van der Waals surface area (Å²) in [6.45, 7) is 5.96. The minimum atomic E-state index is -0.182. The van der Waals surface area contributed by atoms with Gasteiger partial charge in [-0.05, 0) is 61.1 Å². The van der Waals surface area contributed by atoms with Gasteiger partial charge in [-0.25, -0.2) is 4.39 Å². The van der Waals surface area contributed by atoms with Crippen molar-refractivity contribution in [3.05, 3.63) is 70.0 Å². The van der Waals surface area contributed by atoms with Gasteiger partial charge >= 0.3 is 0 Å². The van der Waals surface area contributed by atoms with Gasteiger partial charge in [0, 0.05) is 0 Å². The van der Waals surface area contributed by atoms with Gasteiger partial charge in [0.2, 0.25) is 0 Å². The molecule has 0 spiro atoms. The first-order chi connectivity index (χ1) is 8.97. The Labute approximate surface area is 119 Å². The largest absolute Gasteiger partial charge is 0.207 e. The van der Waals surface area contributed by atoms with Gasteiger partial charge in [0.1, 0.15) is 5.82 Å². The van der Waals surface area contributed by atoms with Crippen LogP contribution in [0.1, 0.15) is 33.2 Å². The number of benzene rings is 2. The second kappa shape index (κ2) is 5.75. The van der Waals surface area contributed by atoms with E-state index >= 15 is 0 Å². The standard InChI is InChI=1S/C17H18ClF/c1-11-4-5-14(8-12(11)2)10-16(18)15-6-7-17(19)13(3)9-15/h4-9,16H,10H2,1-3H3. The van der Waals surface area contributed by atoms with Gasteiger partial charge in [0.15, 0.2) is 0 Å². The Hall–Kier alpha value is -1.34. The summed E-state index contributed by atoms with van der Waals surface area (Å²) in [5.41, 5.74) is 5.39. The predicted octanol–water partition coefficient (Wildman–Crippen LogP) is 5.27. The zero-order valence-electron chi connectivity index (χ0n) is 11.5. The summed E-state index contributed by atoms with van der Waals surface area (Å²) in [6.07, 6.45) is 0.758. The lowest BCUT2D eigenvalue weighted by atomic mass is 9.99. The maximum Gasteiger partial charge on any atom is 0.126 e. The fraction of sp³-hybridized carbons (Fsp3) is 0.294. The van der Waals surface area contributed by atoms with E-state index in [9.17, 15) is 4.39 Å². The highest BCUT2D eigenvalue weighted by molar-refractivity contribution is 6.20. The molecule has 2 heteroatoms. The van der Waals surface area contributed by atoms with Crippen molar-refractivity contribution in [1.82, 2.24) is 0 Å². The van der Waals surface area contributed by atoms with Crippen molar-refractivity contribution in [3.63, 3.8) is 0 Å². The number of aryl methyl sites for hydroxylation is 3. The molecular weight excluding hydrogens is 259 g/mol. The second-order valence-corrected chi connectivity index (χ2v) is 5.63. The fourth-order valence-electron chi connectivity index (χ4n) is 2.12. The van der Waals surface area contributed by atoms with Crippen molar-refractivity contribution < 1.29 is 4.39 Å². The Morgan fingerprint density at radius 3 is 2.32 bits per heavy atom. The highest BCUT2D eigenvalue weighted by Crippen LogP contribution is 2.27. The van der Waals surface area contributed by atoms with E-state index in [1.165, 1.54) is 22.8 Å². The molecule has 0 amide bonds. The third kappa shape index (κ3) is 3.36. The van der Waals surface area contributed by atoms with Crippen LogP contribution in [0.3, 0.4) is 0 Å². The molecule has 19 heavy (non-hydrogen) atoms. The number of halogens is 2. The van der Waals surface area contributed by atoms with E-state index < -0.39 is 0 Å². The van der Waals surface area contributed by atoms with Crippen molar-refractivity contribution in [2.24, 2.45) is 0 Å². The van der Waals surface area contributed by atoms with Crippen LogP contribution in [0.15, 0.2) is 36.4 Å². The van der Waals surface area contributed by atoms with Crippen LogP contribution >= 0.6 is 11.6 Å². The third-order valence-corrected chi connectivity index (χ3v) is 3.94. The molecule has 0 aliphatic heterocycles. The Bertz CT molecular complexity index is 590. The SMILES string of the molecule is Cc1ccc(CC(Cl)c2ccc(F)c(C)c2)cc1C. The summed E-state index contributed by atoms with van der Waals surface area (Å²) in [7, 11) is 0. The summed E-state index contributed by atoms with van der Waals surface area (Å²) in [5.74, 6) is -0.182. The molecule has 0 radical (unpaired) electrons. The number of alkyl halides is 1. The van der Waals surface area contributed by atoms with Crippen LogP contribution in [0.25, 0.3) is 0 Å². The summed E-state index contributed by atoms with van der Waals surface area (Å²) in [4.78, 5) is 0. The molecule has 0 N–H and O–H groups in total. The molecule has 2 rings (SSSR count). The third-order valence-electron chi connectivity index (χ3n) is 3.53. The molecule has 0 saturated heterocycles. The van der Waals surface area contributed by atoms with Crippen LogP contribution < -0.4 is 0 Å². The van der Waals surface area contributed by atoms with Crippen LogP contribution in [0, 0.1) is 26.6 Å². The fourth-order valence-corrected chi connectivity index (χ4v) is 2.43. The van der Waals surface area contributed by atoms with Crippen molar-refractivity contribution >= 4 is 11.6 Å². The summed E-state index contributed by atoms with van der Waals surface area (Å²) >= 11 is 6.43. The van der Waals surface area contributed by atoms with Crippen molar-refractivity contribution in [3.8, 4) is 0 Å². The van der Waals surface area contributed by atoms with E-state index in [2.05, 4.69) is 32.0 Å². The van der Waals surface area contributed by atoms with Crippen molar-refractivity contribution in [1.29, 1.82) is 0 Å². The van der Waals surface area contributed by atoms with E-state index in [1.807, 2.05) is 6.07 Å². The molecule has 0 nitrogen and oxygen atoms in total. The Morgan fingerprint density at radius 2 is 1.68 bits per heavy atom. The highest BCUT2D eigenvalue weighted by atomic mass is 35.5. The average molecular weight is 277 g/mol. The quantitative estimate of drug-likeness (QED) is 0.670. The minimum Gasteiger partial charge on any atom is -0.207 e. The molecule has 0 fully saturated rings. The average Bonchev–Trinajstić information content (AvgIpc) is 2.37. The first-order valence-electron chi connectivity index (χ1n) is 6.43. The van der Waals surface area contributed by atoms with Gasteiger partial charge in [-0.2, -0.15) is 0 Å². The molecule has 0 saturated carbocycles. The maximum atomic E-state index is 13.2. The zero-order valence-corrected chi connectivity index (χ0v) is 12.3. The molecule has 2 aromatic rings. The molecule has 0 bridgehead atoms. The van der Waals surface area contributed by atoms with E-state index in [0.29, 0.717) is 5.56 Å². The van der Waals surface area contributed by atoms with E-state index in [0.717, 1.165) is 12.0 Å². The van der Waals surface area contributed by atoms with Gasteiger partial charge < -0.3 is 0 Å². The van der Waals surface area contributed by atoms with Gasteiger partial charge in [0.25, 0.3) is 0 Å². The molecule has 0 heterocycles. The second-order valence-electron chi connectivity index (χ2n) is 5.10. The highest BCUT2D eigenvalue weighted by Gasteiger charge is 2.11. The summed E-state index contributed by atoms with van der Waals surface area (Å²) < 4.78 is 13.2. The number of hydrogen-bond acceptors (Lipinski definition) is 0. The van der Waals surface area contributed by atoms with Gasteiger partial charge in [-0.3, -0.25) is 0 Å². The Balaban J connectivity index is 2.17. The van der Waals surface area contributed by atoms with Crippen LogP contribution in [0.5, 0.6) is 0 Å². The van der Waals surface area contributed by atoms with Crippen LogP contribution in [-0.4, -0.2) is 0 Å². The molecular formula is C17H18ClF. The maximum absolute atomic E-state index is 13.2. The van der Waals surface area contributed by atoms with Crippen LogP contribution in [0.2, 0.25) is 0 Å². The summed E-state index contributed by atoms with van der Waals surface area (Å²) in [6, 6.07) is 11.5. The number of hydrogen-bond donors (Lipinski definition) is 0. The van der Waals surface area contributed by atoms with Gasteiger partial charge in [-0.15, -0.1) is 11.6 Å². The lowest BCUT2D eigenvalue weighted by Crippen LogP contribution is -1.98. The molecule has 2 aromatic carbocycles. The Morgan fingerprint density at radius 1 is 0.947 bits per heavy atom. The summed E-state index contributed by atoms with van der Waals surface area (Å²) in [5, 5.41) is -0.124. The lowest BCUT2D eigenvalue weighted by molar-refractivity contribution is 0.617. The molecule has 100 valence electrons. The smallest absolute Gasteiger partial charge is 0.126 e. The number of rotatable bonds is 3. The topological polar surface area (TPSA) is 0 Å². The molecule has 0 aromatic heterocycles. The van der Waals surface area contributed by atoms with Crippen molar-refractivity contribution in [2.75, 3.05) is 0 Å². The molecule has 1 unspecified atom stereocenters. The molecule has 0 aliphatic rings. The monoisotopic (exact) mass is 276 g/mol. The Kier molecular flexibility index (Phi) is 4.26. The zero-order chi connectivity index (χ0) is 14.0. The van der Waals surface area contributed by atoms with Crippen LogP contribution in [-0.2, 0) is 6.42 Å². The van der Waals surface area contributed by atoms with Gasteiger partial charge in [0.05, 0.1) is 5.38 Å². The lowest BCUT2D eigenvalue weighted by Gasteiger charge is -2.12. The molecule has 0 aliphatic carbocycles. The van der Waals surface area contributed by atoms with E-state index in [4.69, 9.17) is 11.6 Å². The van der Waals surface area contributed by atoms with Crippen molar-refractivity contribution in [2.45, 2.75) is 32.6 Å². The first kappa shape index (κ1) is 14.1. The molecule has 1 atom stereocenters.